The molecule has 1 N–H and O–H groups in total. The zero-order valence-corrected chi connectivity index (χ0v) is 10.5. The Hall–Kier alpha value is -2.28. The largest absolute Gasteiger partial charge is 0.444 e. The second-order valence-corrected chi connectivity index (χ2v) is 4.09. The first kappa shape index (κ1) is 12.2. The van der Waals surface area contributed by atoms with Gasteiger partial charge in [-0.25, -0.2) is 4.98 Å². The van der Waals surface area contributed by atoms with Crippen LogP contribution >= 0.6 is 0 Å². The first-order valence-electron chi connectivity index (χ1n) is 5.91. The van der Waals surface area contributed by atoms with Crippen LogP contribution in [0.2, 0.25) is 0 Å². The lowest BCUT2D eigenvalue weighted by atomic mass is 10.1. The minimum absolute atomic E-state index is 0.484. The van der Waals surface area contributed by atoms with Gasteiger partial charge in [0.25, 0.3) is 0 Å². The molecule has 0 amide bonds. The summed E-state index contributed by atoms with van der Waals surface area (Å²) in [5.74, 6) is 1.51. The molecule has 0 spiro atoms. The number of benzene rings is 1. The molecular weight excluding hydrogens is 226 g/mol. The molecule has 1 heterocycles. The maximum atomic E-state index is 9.02. The molecule has 0 saturated carbocycles. The van der Waals surface area contributed by atoms with E-state index >= 15 is 0 Å². The summed E-state index contributed by atoms with van der Waals surface area (Å²) in [6, 6.07) is 7.84. The van der Waals surface area contributed by atoms with Crippen molar-refractivity contribution in [3.8, 4) is 6.07 Å². The van der Waals surface area contributed by atoms with Crippen molar-refractivity contribution < 1.29 is 4.42 Å². The fourth-order valence-corrected chi connectivity index (χ4v) is 1.67. The number of nitriles is 1. The van der Waals surface area contributed by atoms with Crippen molar-refractivity contribution in [3.63, 3.8) is 0 Å². The van der Waals surface area contributed by atoms with E-state index in [4.69, 9.17) is 9.68 Å². The van der Waals surface area contributed by atoms with Gasteiger partial charge in [-0.1, -0.05) is 13.0 Å². The van der Waals surface area contributed by atoms with Crippen molar-refractivity contribution in [2.24, 2.45) is 0 Å². The van der Waals surface area contributed by atoms with Crippen LogP contribution in [-0.2, 0) is 13.0 Å². The number of nitrogens with zero attached hydrogens (tertiary/aromatic N) is 2. The molecule has 1 aromatic carbocycles. The highest BCUT2D eigenvalue weighted by Crippen LogP contribution is 2.17. The molecule has 0 aliphatic heterocycles. The molecule has 2 aromatic rings. The number of rotatable bonds is 4. The summed E-state index contributed by atoms with van der Waals surface area (Å²) in [4.78, 5) is 4.17. The molecule has 4 nitrogen and oxygen atoms in total. The van der Waals surface area contributed by atoms with Gasteiger partial charge in [-0.2, -0.15) is 5.26 Å². The Bertz CT molecular complexity index is 581. The normalized spacial score (nSPS) is 10.1. The summed E-state index contributed by atoms with van der Waals surface area (Å²) in [5.41, 5.74) is 2.55. The van der Waals surface area contributed by atoms with Crippen LogP contribution in [-0.4, -0.2) is 4.98 Å². The van der Waals surface area contributed by atoms with Crippen molar-refractivity contribution in [1.29, 1.82) is 5.26 Å². The quantitative estimate of drug-likeness (QED) is 0.893. The highest BCUT2D eigenvalue weighted by molar-refractivity contribution is 5.58. The molecule has 0 atom stereocenters. The maximum absolute atomic E-state index is 9.02. The Morgan fingerprint density at radius 2 is 2.28 bits per heavy atom. The number of aryl methyl sites for hydroxylation is 2. The Morgan fingerprint density at radius 3 is 2.94 bits per heavy atom. The van der Waals surface area contributed by atoms with E-state index in [1.165, 1.54) is 0 Å². The summed E-state index contributed by atoms with van der Waals surface area (Å²) in [6.45, 7) is 4.50. The smallest absolute Gasteiger partial charge is 0.213 e. The van der Waals surface area contributed by atoms with E-state index in [0.717, 1.165) is 23.4 Å². The summed E-state index contributed by atoms with van der Waals surface area (Å²) < 4.78 is 5.50. The molecular formula is C14H15N3O. The van der Waals surface area contributed by atoms with Gasteiger partial charge in [0.1, 0.15) is 11.8 Å². The zero-order chi connectivity index (χ0) is 13.0. The molecule has 1 aromatic heterocycles. The molecule has 0 radical (unpaired) electrons. The minimum Gasteiger partial charge on any atom is -0.444 e. The Balaban J connectivity index is 2.10. The predicted molar refractivity (Wildman–Crippen MR) is 69.1 cm³/mol. The molecule has 4 heteroatoms. The SMILES string of the molecule is CCc1cnc(CNc2cc(C)ccc2C#N)o1. The highest BCUT2D eigenvalue weighted by atomic mass is 16.4. The van der Waals surface area contributed by atoms with Crippen LogP contribution < -0.4 is 5.32 Å². The maximum Gasteiger partial charge on any atom is 0.213 e. The van der Waals surface area contributed by atoms with Crippen LogP contribution in [0.25, 0.3) is 0 Å². The van der Waals surface area contributed by atoms with Crippen LogP contribution in [0.3, 0.4) is 0 Å². The van der Waals surface area contributed by atoms with E-state index in [1.54, 1.807) is 6.20 Å². The van der Waals surface area contributed by atoms with E-state index in [2.05, 4.69) is 16.4 Å². The molecule has 92 valence electrons. The van der Waals surface area contributed by atoms with Crippen LogP contribution in [0, 0.1) is 18.3 Å². The molecule has 0 aliphatic carbocycles. The van der Waals surface area contributed by atoms with Crippen molar-refractivity contribution in [3.05, 3.63) is 47.2 Å². The van der Waals surface area contributed by atoms with Crippen molar-refractivity contribution in [1.82, 2.24) is 4.98 Å². The molecule has 0 aliphatic rings. The van der Waals surface area contributed by atoms with E-state index in [1.807, 2.05) is 32.0 Å². The lowest BCUT2D eigenvalue weighted by molar-refractivity contribution is 0.466. The van der Waals surface area contributed by atoms with Gasteiger partial charge >= 0.3 is 0 Å². The highest BCUT2D eigenvalue weighted by Gasteiger charge is 2.05. The van der Waals surface area contributed by atoms with E-state index in [-0.39, 0.29) is 0 Å². The van der Waals surface area contributed by atoms with Gasteiger partial charge in [-0.05, 0) is 24.6 Å². The molecule has 0 saturated heterocycles. The van der Waals surface area contributed by atoms with Crippen LogP contribution in [0.15, 0.2) is 28.8 Å². The molecule has 18 heavy (non-hydrogen) atoms. The van der Waals surface area contributed by atoms with Gasteiger partial charge in [0.2, 0.25) is 5.89 Å². The third-order valence-electron chi connectivity index (χ3n) is 2.68. The fraction of sp³-hybridized carbons (Fsp3) is 0.286. The van der Waals surface area contributed by atoms with Crippen molar-refractivity contribution in [2.75, 3.05) is 5.32 Å². The van der Waals surface area contributed by atoms with Gasteiger partial charge < -0.3 is 9.73 Å². The lowest BCUT2D eigenvalue weighted by Crippen LogP contribution is -2.01. The number of aromatic nitrogens is 1. The van der Waals surface area contributed by atoms with Crippen molar-refractivity contribution >= 4 is 5.69 Å². The lowest BCUT2D eigenvalue weighted by Gasteiger charge is -2.06. The number of nitrogens with one attached hydrogen (secondary N) is 1. The van der Waals surface area contributed by atoms with Crippen LogP contribution in [0.1, 0.15) is 29.7 Å². The van der Waals surface area contributed by atoms with E-state index < -0.39 is 0 Å². The number of hydrogen-bond donors (Lipinski definition) is 1. The van der Waals surface area contributed by atoms with Crippen molar-refractivity contribution in [2.45, 2.75) is 26.8 Å². The summed E-state index contributed by atoms with van der Waals surface area (Å²) in [5, 5.41) is 12.2. The van der Waals surface area contributed by atoms with Gasteiger partial charge in [0, 0.05) is 6.42 Å². The molecule has 2 rings (SSSR count). The number of oxazole rings is 1. The summed E-state index contributed by atoms with van der Waals surface area (Å²) >= 11 is 0. The van der Waals surface area contributed by atoms with E-state index in [0.29, 0.717) is 18.0 Å². The third kappa shape index (κ3) is 2.69. The van der Waals surface area contributed by atoms with Gasteiger partial charge in [0.05, 0.1) is 24.0 Å². The first-order valence-corrected chi connectivity index (χ1v) is 5.91. The van der Waals surface area contributed by atoms with E-state index in [9.17, 15) is 0 Å². The Kier molecular flexibility index (Phi) is 3.63. The number of hydrogen-bond acceptors (Lipinski definition) is 4. The second kappa shape index (κ2) is 5.37. The van der Waals surface area contributed by atoms with Gasteiger partial charge in [0.15, 0.2) is 0 Å². The summed E-state index contributed by atoms with van der Waals surface area (Å²) in [6.07, 6.45) is 2.57. The molecule has 0 fully saturated rings. The number of anilines is 1. The average Bonchev–Trinajstić information content (AvgIpc) is 2.84. The monoisotopic (exact) mass is 241 g/mol. The van der Waals surface area contributed by atoms with Gasteiger partial charge in [-0.15, -0.1) is 0 Å². The van der Waals surface area contributed by atoms with Crippen LogP contribution in [0.5, 0.6) is 0 Å². The fourth-order valence-electron chi connectivity index (χ4n) is 1.67. The first-order chi connectivity index (χ1) is 8.72. The average molecular weight is 241 g/mol. The molecule has 0 unspecified atom stereocenters. The Labute approximate surface area is 106 Å². The third-order valence-corrected chi connectivity index (χ3v) is 2.68. The minimum atomic E-state index is 0.484. The predicted octanol–water partition coefficient (Wildman–Crippen LogP) is 3.03. The second-order valence-electron chi connectivity index (χ2n) is 4.09. The topological polar surface area (TPSA) is 61.9 Å². The Morgan fingerprint density at radius 1 is 1.44 bits per heavy atom. The molecule has 0 bridgehead atoms. The van der Waals surface area contributed by atoms with Gasteiger partial charge in [-0.3, -0.25) is 0 Å². The zero-order valence-electron chi connectivity index (χ0n) is 10.5. The standard InChI is InChI=1S/C14H15N3O/c1-3-12-8-17-14(18-12)9-16-13-6-10(2)4-5-11(13)7-15/h4-6,8,16H,3,9H2,1-2H3. The van der Waals surface area contributed by atoms with Crippen LogP contribution in [0.4, 0.5) is 5.69 Å². The summed E-state index contributed by atoms with van der Waals surface area (Å²) in [7, 11) is 0.